The highest BCUT2D eigenvalue weighted by molar-refractivity contribution is 5.94. The Kier molecular flexibility index (Phi) is 5.48. The molecule has 25 heavy (non-hydrogen) atoms. The first kappa shape index (κ1) is 17.6. The molecule has 134 valence electrons. The molecule has 6 nitrogen and oxygen atoms in total. The summed E-state index contributed by atoms with van der Waals surface area (Å²) in [5.74, 6) is 2.14. The molecule has 2 heterocycles. The summed E-state index contributed by atoms with van der Waals surface area (Å²) in [4.78, 5) is 20.5. The van der Waals surface area contributed by atoms with Crippen LogP contribution in [-0.4, -0.2) is 47.0 Å². The molecule has 0 bridgehead atoms. The fourth-order valence-corrected chi connectivity index (χ4v) is 3.06. The molecule has 0 saturated carbocycles. The van der Waals surface area contributed by atoms with E-state index in [4.69, 9.17) is 4.52 Å². The number of rotatable bonds is 6. The Morgan fingerprint density at radius 1 is 1.16 bits per heavy atom. The van der Waals surface area contributed by atoms with Crippen molar-refractivity contribution in [3.8, 4) is 0 Å². The van der Waals surface area contributed by atoms with Crippen molar-refractivity contribution in [1.82, 2.24) is 15.0 Å². The van der Waals surface area contributed by atoms with E-state index in [2.05, 4.69) is 33.8 Å². The standard InChI is InChI=1S/C19H26N4O2/c1-14(2)12-18-20-19(25-21-18)13-22-8-10-23(11-9-22)17-6-4-16(5-7-17)15(3)24/h4-7,14H,8-13H2,1-3H3. The van der Waals surface area contributed by atoms with Crippen LogP contribution in [0.3, 0.4) is 0 Å². The van der Waals surface area contributed by atoms with Crippen LogP contribution in [0.2, 0.25) is 0 Å². The first-order valence-corrected chi connectivity index (χ1v) is 8.91. The summed E-state index contributed by atoms with van der Waals surface area (Å²) in [7, 11) is 0. The Balaban J connectivity index is 1.51. The number of nitrogens with zero attached hydrogens (tertiary/aromatic N) is 4. The van der Waals surface area contributed by atoms with Crippen LogP contribution in [0.15, 0.2) is 28.8 Å². The van der Waals surface area contributed by atoms with Crippen molar-refractivity contribution in [2.24, 2.45) is 5.92 Å². The van der Waals surface area contributed by atoms with Crippen LogP contribution in [0.1, 0.15) is 42.8 Å². The van der Waals surface area contributed by atoms with Gasteiger partial charge >= 0.3 is 0 Å². The zero-order valence-electron chi connectivity index (χ0n) is 15.2. The normalized spacial score (nSPS) is 15.8. The monoisotopic (exact) mass is 342 g/mol. The molecule has 1 aromatic heterocycles. The third-order valence-corrected chi connectivity index (χ3v) is 4.47. The fraction of sp³-hybridized carbons (Fsp3) is 0.526. The lowest BCUT2D eigenvalue weighted by molar-refractivity contribution is 0.101. The van der Waals surface area contributed by atoms with Crippen molar-refractivity contribution in [3.63, 3.8) is 0 Å². The van der Waals surface area contributed by atoms with Gasteiger partial charge in [0.2, 0.25) is 5.89 Å². The molecule has 0 spiro atoms. The highest BCUT2D eigenvalue weighted by Gasteiger charge is 2.19. The molecular formula is C19H26N4O2. The molecular weight excluding hydrogens is 316 g/mol. The van der Waals surface area contributed by atoms with E-state index in [9.17, 15) is 4.79 Å². The van der Waals surface area contributed by atoms with E-state index < -0.39 is 0 Å². The van der Waals surface area contributed by atoms with E-state index in [-0.39, 0.29) is 5.78 Å². The van der Waals surface area contributed by atoms with Gasteiger partial charge in [-0.05, 0) is 37.1 Å². The van der Waals surface area contributed by atoms with Gasteiger partial charge in [-0.25, -0.2) is 0 Å². The number of benzene rings is 1. The first-order valence-electron chi connectivity index (χ1n) is 8.91. The molecule has 0 radical (unpaired) electrons. The predicted octanol–water partition coefficient (Wildman–Crippen LogP) is 2.79. The largest absolute Gasteiger partial charge is 0.369 e. The zero-order chi connectivity index (χ0) is 17.8. The van der Waals surface area contributed by atoms with Crippen molar-refractivity contribution in [2.75, 3.05) is 31.1 Å². The number of Topliss-reactive ketones (excluding diaryl/α,β-unsaturated/α-hetero) is 1. The summed E-state index contributed by atoms with van der Waals surface area (Å²) in [5, 5.41) is 4.06. The quantitative estimate of drug-likeness (QED) is 0.752. The summed E-state index contributed by atoms with van der Waals surface area (Å²) in [6.45, 7) is 10.4. The third-order valence-electron chi connectivity index (χ3n) is 4.47. The van der Waals surface area contributed by atoms with Crippen LogP contribution in [0.25, 0.3) is 0 Å². The molecule has 0 atom stereocenters. The Morgan fingerprint density at radius 3 is 2.44 bits per heavy atom. The highest BCUT2D eigenvalue weighted by atomic mass is 16.5. The zero-order valence-corrected chi connectivity index (χ0v) is 15.2. The number of hydrogen-bond donors (Lipinski definition) is 0. The molecule has 1 saturated heterocycles. The molecule has 1 aliphatic heterocycles. The fourth-order valence-electron chi connectivity index (χ4n) is 3.06. The average molecular weight is 342 g/mol. The van der Waals surface area contributed by atoms with Crippen molar-refractivity contribution in [2.45, 2.75) is 33.7 Å². The number of carbonyl (C=O) groups is 1. The average Bonchev–Trinajstić information content (AvgIpc) is 3.02. The smallest absolute Gasteiger partial charge is 0.240 e. The number of piperazine rings is 1. The van der Waals surface area contributed by atoms with Crippen molar-refractivity contribution in [3.05, 3.63) is 41.5 Å². The van der Waals surface area contributed by atoms with E-state index in [0.29, 0.717) is 18.4 Å². The van der Waals surface area contributed by atoms with Gasteiger partial charge < -0.3 is 9.42 Å². The number of hydrogen-bond acceptors (Lipinski definition) is 6. The summed E-state index contributed by atoms with van der Waals surface area (Å²) < 4.78 is 5.37. The maximum absolute atomic E-state index is 11.4. The third kappa shape index (κ3) is 4.66. The molecule has 0 N–H and O–H groups in total. The van der Waals surface area contributed by atoms with Gasteiger partial charge in [-0.1, -0.05) is 19.0 Å². The van der Waals surface area contributed by atoms with Gasteiger partial charge in [-0.3, -0.25) is 9.69 Å². The van der Waals surface area contributed by atoms with E-state index in [1.807, 2.05) is 24.3 Å². The van der Waals surface area contributed by atoms with Crippen LogP contribution in [0.4, 0.5) is 5.69 Å². The SMILES string of the molecule is CC(=O)c1ccc(N2CCN(Cc3nc(CC(C)C)no3)CC2)cc1. The van der Waals surface area contributed by atoms with Crippen molar-refractivity contribution in [1.29, 1.82) is 0 Å². The van der Waals surface area contributed by atoms with Crippen molar-refractivity contribution < 1.29 is 9.32 Å². The van der Waals surface area contributed by atoms with Gasteiger partial charge in [0.15, 0.2) is 11.6 Å². The summed E-state index contributed by atoms with van der Waals surface area (Å²) in [6.07, 6.45) is 0.855. The molecule has 1 aliphatic rings. The van der Waals surface area contributed by atoms with Gasteiger partial charge in [0, 0.05) is 43.9 Å². The van der Waals surface area contributed by atoms with Crippen LogP contribution >= 0.6 is 0 Å². The highest BCUT2D eigenvalue weighted by Crippen LogP contribution is 2.18. The molecule has 1 aromatic carbocycles. The minimum Gasteiger partial charge on any atom is -0.369 e. The van der Waals surface area contributed by atoms with E-state index in [1.54, 1.807) is 6.92 Å². The second-order valence-corrected chi connectivity index (χ2v) is 7.07. The lowest BCUT2D eigenvalue weighted by Gasteiger charge is -2.35. The topological polar surface area (TPSA) is 62.5 Å². The lowest BCUT2D eigenvalue weighted by Crippen LogP contribution is -2.46. The van der Waals surface area contributed by atoms with Gasteiger partial charge in [0.25, 0.3) is 0 Å². The summed E-state index contributed by atoms with van der Waals surface area (Å²) in [6, 6.07) is 7.86. The van der Waals surface area contributed by atoms with Crippen LogP contribution in [0, 0.1) is 5.92 Å². The number of aromatic nitrogens is 2. The number of carbonyl (C=O) groups excluding carboxylic acids is 1. The van der Waals surface area contributed by atoms with Gasteiger partial charge in [-0.15, -0.1) is 0 Å². The van der Waals surface area contributed by atoms with Gasteiger partial charge in [-0.2, -0.15) is 4.98 Å². The van der Waals surface area contributed by atoms with Gasteiger partial charge in [0.1, 0.15) is 0 Å². The minimum absolute atomic E-state index is 0.104. The Morgan fingerprint density at radius 2 is 1.84 bits per heavy atom. The summed E-state index contributed by atoms with van der Waals surface area (Å²) >= 11 is 0. The second kappa shape index (κ2) is 7.78. The molecule has 3 rings (SSSR count). The Hall–Kier alpha value is -2.21. The van der Waals surface area contributed by atoms with E-state index in [0.717, 1.165) is 44.0 Å². The minimum atomic E-state index is 0.104. The summed E-state index contributed by atoms with van der Waals surface area (Å²) in [5.41, 5.74) is 1.93. The lowest BCUT2D eigenvalue weighted by atomic mass is 10.1. The van der Waals surface area contributed by atoms with Crippen molar-refractivity contribution >= 4 is 11.5 Å². The van der Waals surface area contributed by atoms with Gasteiger partial charge in [0.05, 0.1) is 6.54 Å². The molecule has 2 aromatic rings. The molecule has 1 fully saturated rings. The van der Waals surface area contributed by atoms with Crippen LogP contribution in [-0.2, 0) is 13.0 Å². The van der Waals surface area contributed by atoms with Crippen LogP contribution in [0.5, 0.6) is 0 Å². The Labute approximate surface area is 148 Å². The first-order chi connectivity index (χ1) is 12.0. The maximum atomic E-state index is 11.4. The molecule has 0 unspecified atom stereocenters. The van der Waals surface area contributed by atoms with E-state index >= 15 is 0 Å². The molecule has 0 aliphatic carbocycles. The van der Waals surface area contributed by atoms with E-state index in [1.165, 1.54) is 5.69 Å². The Bertz CT molecular complexity index is 700. The number of anilines is 1. The predicted molar refractivity (Wildman–Crippen MR) is 96.8 cm³/mol. The molecule has 0 amide bonds. The second-order valence-electron chi connectivity index (χ2n) is 7.07. The molecule has 6 heteroatoms. The van der Waals surface area contributed by atoms with Crippen LogP contribution < -0.4 is 4.90 Å². The maximum Gasteiger partial charge on any atom is 0.240 e. The number of ketones is 1.